The van der Waals surface area contributed by atoms with Crippen molar-refractivity contribution in [3.05, 3.63) is 263 Å². The molecule has 4 fully saturated rings. The molecule has 0 spiro atoms. The molecule has 10 heteroatoms. The van der Waals surface area contributed by atoms with E-state index in [2.05, 4.69) is 290 Å². The van der Waals surface area contributed by atoms with Crippen LogP contribution in [0.1, 0.15) is 230 Å². The van der Waals surface area contributed by atoms with Crippen molar-refractivity contribution in [2.45, 2.75) is 230 Å². The van der Waals surface area contributed by atoms with Crippen molar-refractivity contribution >= 4 is 0 Å². The third-order valence-corrected chi connectivity index (χ3v) is 25.9. The fraction of sp³-hybridized carbons (Fsp3) is 0.360. The second-order valence-electron chi connectivity index (χ2n) is 36.4. The van der Waals surface area contributed by atoms with Gasteiger partial charge in [-0.25, -0.2) is 29.9 Å². The number of hydrogen-bond donors (Lipinski definition) is 0. The molecule has 6 aliphatic carbocycles. The van der Waals surface area contributed by atoms with E-state index in [0.29, 0.717) is 34.9 Å². The number of aromatic nitrogens is 8. The Kier molecular flexibility index (Phi) is 20.3. The second-order valence-corrected chi connectivity index (χ2v) is 36.4. The number of benzene rings is 8. The number of aryl methyl sites for hydroxylation is 1. The van der Waals surface area contributed by atoms with Gasteiger partial charge in [0.05, 0.1) is 0 Å². The van der Waals surface area contributed by atoms with Crippen LogP contribution < -0.4 is 0 Å². The van der Waals surface area contributed by atoms with E-state index in [9.17, 15) is 0 Å². The zero-order valence-electron chi connectivity index (χ0n) is 66.4. The zero-order chi connectivity index (χ0) is 74.8. The van der Waals surface area contributed by atoms with Crippen LogP contribution in [0.2, 0.25) is 0 Å². The number of rotatable bonds is 11. The second kappa shape index (κ2) is 29.2. The number of nitrogens with zero attached hydrogens (tertiary/aromatic N) is 8. The molecule has 4 heterocycles. The van der Waals surface area contributed by atoms with Crippen molar-refractivity contribution in [1.82, 2.24) is 39.9 Å². The van der Waals surface area contributed by atoms with Crippen LogP contribution in [-0.2, 0) is 90.0 Å². The Morgan fingerprint density at radius 3 is 0.936 bits per heavy atom. The van der Waals surface area contributed by atoms with E-state index in [1.807, 2.05) is 12.4 Å². The third kappa shape index (κ3) is 13.5. The summed E-state index contributed by atoms with van der Waals surface area (Å²) in [7, 11) is 0. The first kappa shape index (κ1) is 76.7. The largest absolute Gasteiger partial charge is 0.304 e. The molecule has 0 N–H and O–H groups in total. The first-order valence-electron chi connectivity index (χ1n) is 40.1. The first-order chi connectivity index (χ1) is 51.8. The van der Waals surface area contributed by atoms with Crippen LogP contribution in [0.3, 0.4) is 0 Å². The molecule has 8 aromatic carbocycles. The summed E-state index contributed by atoms with van der Waals surface area (Å²) in [4.78, 5) is 40.3. The Balaban J connectivity index is 0.000000172. The minimum absolute atomic E-state index is 0. The Morgan fingerprint density at radius 2 is 0.618 bits per heavy atom. The fourth-order valence-corrected chi connectivity index (χ4v) is 20.1. The van der Waals surface area contributed by atoms with Crippen molar-refractivity contribution < 1.29 is 40.2 Å². The summed E-state index contributed by atoms with van der Waals surface area (Å²) in [6.45, 7) is 29.1. The van der Waals surface area contributed by atoms with Gasteiger partial charge < -0.3 is 9.97 Å². The van der Waals surface area contributed by atoms with Crippen molar-refractivity contribution in [3.63, 3.8) is 0 Å². The minimum Gasteiger partial charge on any atom is -0.304 e. The maximum absolute atomic E-state index is 5.08. The van der Waals surface area contributed by atoms with Crippen molar-refractivity contribution in [2.75, 3.05) is 0 Å². The molecule has 0 bridgehead atoms. The van der Waals surface area contributed by atoms with Crippen LogP contribution >= 0.6 is 0 Å². The first-order valence-corrected chi connectivity index (χ1v) is 40.1. The zero-order valence-corrected chi connectivity index (χ0v) is 71.2. The number of fused-ring (bicyclic) bond motifs is 6. The van der Waals surface area contributed by atoms with Crippen LogP contribution in [-0.4, -0.2) is 39.9 Å². The van der Waals surface area contributed by atoms with Crippen LogP contribution in [0.15, 0.2) is 200 Å². The number of hydrogen-bond acceptors (Lipinski definition) is 8. The quantitative estimate of drug-likeness (QED) is 0.118. The molecule has 4 saturated carbocycles. The molecule has 0 unspecified atom stereocenters. The van der Waals surface area contributed by atoms with Gasteiger partial charge in [-0.05, 0) is 147 Å². The van der Waals surface area contributed by atoms with E-state index in [4.69, 9.17) is 39.9 Å². The van der Waals surface area contributed by atoms with Crippen molar-refractivity contribution in [3.8, 4) is 113 Å². The van der Waals surface area contributed by atoms with Gasteiger partial charge in [-0.15, -0.1) is 58.7 Å². The maximum atomic E-state index is 5.08. The van der Waals surface area contributed by atoms with E-state index in [0.717, 1.165) is 55.9 Å². The molecule has 8 nitrogen and oxygen atoms in total. The summed E-state index contributed by atoms with van der Waals surface area (Å²) >= 11 is 0. The Labute approximate surface area is 680 Å². The molecule has 0 atom stereocenters. The van der Waals surface area contributed by atoms with E-state index in [-0.39, 0.29) is 83.5 Å². The van der Waals surface area contributed by atoms with Crippen LogP contribution in [0.5, 0.6) is 0 Å². The van der Waals surface area contributed by atoms with Crippen LogP contribution in [0, 0.1) is 12.1 Å². The van der Waals surface area contributed by atoms with Crippen molar-refractivity contribution in [1.29, 1.82) is 0 Å². The average Bonchev–Trinajstić information content (AvgIpc) is 1.51. The third-order valence-electron chi connectivity index (χ3n) is 25.9. The molecule has 18 rings (SSSR count). The molecule has 6 aliphatic rings. The summed E-state index contributed by atoms with van der Waals surface area (Å²) in [6.07, 6.45) is 23.0. The van der Waals surface area contributed by atoms with Gasteiger partial charge in [0.15, 0.2) is 34.9 Å². The van der Waals surface area contributed by atoms with E-state index in [1.54, 1.807) is 11.1 Å². The van der Waals surface area contributed by atoms with E-state index in [1.165, 1.54) is 158 Å². The van der Waals surface area contributed by atoms with Crippen LogP contribution in [0.4, 0.5) is 0 Å². The number of unbranched alkanes of at least 4 members (excludes halogenated alkanes) is 1. The topological polar surface area (TPSA) is 103 Å². The Morgan fingerprint density at radius 1 is 0.318 bits per heavy atom. The predicted molar refractivity (Wildman–Crippen MR) is 443 cm³/mol. The maximum Gasteiger partial charge on any atom is 0.165 e. The molecule has 0 amide bonds. The van der Waals surface area contributed by atoms with Gasteiger partial charge in [0.2, 0.25) is 0 Å². The van der Waals surface area contributed by atoms with Gasteiger partial charge in [0.25, 0.3) is 0 Å². The van der Waals surface area contributed by atoms with E-state index < -0.39 is 0 Å². The summed E-state index contributed by atoms with van der Waals surface area (Å²) in [6, 6.07) is 76.3. The molecule has 0 aliphatic heterocycles. The standard InChI is InChI=1S/C52H55N4.C48H47N4.2Ir/c1-8-9-12-34-13-24-41-42-25-18-37(32-44(42)52-29-10-27-51(52,28-11-30-52)43(41)31-34)45-26-19-38(33-53-45)48-55-46(35-14-20-39(21-15-35)49(2,3)4)54-47(56-48)36-16-22-40(23-17-36)50(5,6)7;1-45(2,3)35-19-13-31(14-20-35)42-50-43(32-15-21-36(22-16-32)46(4,5)6)52-44(51-42)34-18-24-41(49-30-34)33-17-23-38-37-11-7-8-12-39(37)47-25-9-27-48(47,28-10-26-47)40(38)29-33;;/h13-17,19-26,31-33H,8-12,27-30H2,1-7H3;7-8,11-16,18-24,29-30H,9-10,25-28H2,1-6H3;;/q2*-1;;. The Bertz CT molecular complexity index is 5230. The molecular weight excluding hydrogens is 1700 g/mol. The number of pyridine rings is 2. The minimum atomic E-state index is 0. The summed E-state index contributed by atoms with van der Waals surface area (Å²) in [5, 5.41) is 0. The SMILES string of the molecule is CC(C)(C)c1ccc(-c2nc(-c3ccc(C(C)(C)C)cc3)nc(-c3ccc(-c4[c-]cc5c(c4)C46CCCC4(CCC6)c4ccccc4-5)nc3)n2)cc1.CCCCc1ccc2c(c1)C13CCCC1(CCC3)c1cc(-c3ccc(-c4nc(-c5ccc(C(C)(C)C)cc5)nc(-c5ccc(C(C)(C)C)cc5)n4)cn3)[c-]cc1-2.[Ir].[Ir]. The predicted octanol–water partition coefficient (Wildman–Crippen LogP) is 25.0. The summed E-state index contributed by atoms with van der Waals surface area (Å²) in [5.74, 6) is 3.86. The fourth-order valence-electron chi connectivity index (χ4n) is 20.1. The molecule has 2 radical (unpaired) electrons. The molecule has 110 heavy (non-hydrogen) atoms. The van der Waals surface area contributed by atoms with Gasteiger partial charge >= 0.3 is 0 Å². The molecule has 12 aromatic rings. The average molecular weight is 1800 g/mol. The van der Waals surface area contributed by atoms with Gasteiger partial charge in [0, 0.05) is 96.8 Å². The van der Waals surface area contributed by atoms with Gasteiger partial charge in [0.1, 0.15) is 0 Å². The molecular formula is C100H102Ir2N8-2. The summed E-state index contributed by atoms with van der Waals surface area (Å²) < 4.78 is 0. The van der Waals surface area contributed by atoms with Crippen molar-refractivity contribution in [2.24, 2.45) is 0 Å². The summed E-state index contributed by atoms with van der Waals surface area (Å²) in [5.41, 5.74) is 29.2. The van der Waals surface area contributed by atoms with Gasteiger partial charge in [-0.2, -0.15) is 0 Å². The molecule has 4 aromatic heterocycles. The Hall–Kier alpha value is -8.62. The van der Waals surface area contributed by atoms with Gasteiger partial charge in [-0.3, -0.25) is 0 Å². The molecule has 562 valence electrons. The van der Waals surface area contributed by atoms with Gasteiger partial charge in [-0.1, -0.05) is 308 Å². The normalized spacial score (nSPS) is 19.9. The van der Waals surface area contributed by atoms with E-state index >= 15 is 0 Å². The smallest absolute Gasteiger partial charge is 0.165 e. The van der Waals surface area contributed by atoms with Crippen LogP contribution in [0.25, 0.3) is 113 Å². The molecule has 0 saturated heterocycles. The monoisotopic (exact) mass is 1800 g/mol.